The van der Waals surface area contributed by atoms with Gasteiger partial charge >= 0.3 is 6.18 Å². The van der Waals surface area contributed by atoms with Crippen LogP contribution in [0.4, 0.5) is 13.2 Å². The maximum Gasteiger partial charge on any atom is 0.422 e. The molecule has 0 unspecified atom stereocenters. The lowest BCUT2D eigenvalue weighted by atomic mass is 10.2. The normalized spacial score (nSPS) is 11.5. The maximum atomic E-state index is 12.2. The van der Waals surface area contributed by atoms with Crippen molar-refractivity contribution < 1.29 is 27.4 Å². The fraction of sp³-hybridized carbons (Fsp3) is 0.429. The lowest BCUT2D eigenvalue weighted by Gasteiger charge is -2.12. The number of hydrogen-bond acceptors (Lipinski definition) is 5. The number of rotatable bonds is 11. The van der Waals surface area contributed by atoms with Gasteiger partial charge in [0.25, 0.3) is 0 Å². The lowest BCUT2D eigenvalue weighted by molar-refractivity contribution is -0.153. The Morgan fingerprint density at radius 2 is 1.72 bits per heavy atom. The second kappa shape index (κ2) is 14.7. The number of ether oxygens (including phenoxy) is 3. The summed E-state index contributed by atoms with van der Waals surface area (Å²) in [6, 6.07) is 10.1. The van der Waals surface area contributed by atoms with Crippen LogP contribution in [0.5, 0.6) is 11.6 Å². The second-order valence-corrected chi connectivity index (χ2v) is 6.44. The zero-order valence-electron chi connectivity index (χ0n) is 17.9. The van der Waals surface area contributed by atoms with Gasteiger partial charge < -0.3 is 24.8 Å². The summed E-state index contributed by atoms with van der Waals surface area (Å²) in [6.45, 7) is 3.13. The summed E-state index contributed by atoms with van der Waals surface area (Å²) < 4.78 is 51.7. The number of methoxy groups -OCH3 is 1. The fourth-order valence-corrected chi connectivity index (χ4v) is 2.39. The van der Waals surface area contributed by atoms with Crippen molar-refractivity contribution in [2.45, 2.75) is 26.2 Å². The SMILES string of the molecule is CCNC(=NCc1ccc(OCCOC)nc1)NCc1ccc(OCC(F)(F)F)cc1.I. The van der Waals surface area contributed by atoms with Crippen LogP contribution >= 0.6 is 24.0 Å². The van der Waals surface area contributed by atoms with E-state index in [1.807, 2.05) is 13.0 Å². The zero-order chi connectivity index (χ0) is 22.5. The molecule has 0 saturated heterocycles. The quantitative estimate of drug-likeness (QED) is 0.185. The number of aromatic nitrogens is 1. The van der Waals surface area contributed by atoms with Gasteiger partial charge in [0, 0.05) is 32.5 Å². The van der Waals surface area contributed by atoms with Crippen LogP contribution in [0.15, 0.2) is 47.6 Å². The molecule has 1 aromatic carbocycles. The Morgan fingerprint density at radius 1 is 1.00 bits per heavy atom. The van der Waals surface area contributed by atoms with Gasteiger partial charge in [-0.3, -0.25) is 0 Å². The van der Waals surface area contributed by atoms with Crippen molar-refractivity contribution >= 4 is 29.9 Å². The van der Waals surface area contributed by atoms with Gasteiger partial charge in [-0.05, 0) is 30.2 Å². The van der Waals surface area contributed by atoms with Crippen LogP contribution in [0, 0.1) is 0 Å². The minimum absolute atomic E-state index is 0. The molecule has 1 aromatic heterocycles. The van der Waals surface area contributed by atoms with Gasteiger partial charge in [0.2, 0.25) is 5.88 Å². The summed E-state index contributed by atoms with van der Waals surface area (Å²) in [5.74, 6) is 1.31. The van der Waals surface area contributed by atoms with Gasteiger partial charge in [-0.25, -0.2) is 9.98 Å². The predicted octanol–water partition coefficient (Wildman–Crippen LogP) is 3.92. The minimum atomic E-state index is -4.36. The Labute approximate surface area is 202 Å². The molecule has 0 bridgehead atoms. The highest BCUT2D eigenvalue weighted by Gasteiger charge is 2.28. The Balaban J connectivity index is 0.00000512. The predicted molar refractivity (Wildman–Crippen MR) is 127 cm³/mol. The summed E-state index contributed by atoms with van der Waals surface area (Å²) in [5.41, 5.74) is 1.80. The summed E-state index contributed by atoms with van der Waals surface area (Å²) in [7, 11) is 1.61. The number of halogens is 4. The van der Waals surface area contributed by atoms with Crippen LogP contribution in [0.25, 0.3) is 0 Å². The highest BCUT2D eigenvalue weighted by molar-refractivity contribution is 14.0. The third-order valence-electron chi connectivity index (χ3n) is 3.88. The van der Waals surface area contributed by atoms with Crippen LogP contribution in [0.2, 0.25) is 0 Å². The number of nitrogens with zero attached hydrogens (tertiary/aromatic N) is 2. The molecule has 0 saturated carbocycles. The zero-order valence-corrected chi connectivity index (χ0v) is 20.3. The number of alkyl halides is 3. The molecule has 2 aromatic rings. The molecule has 0 aliphatic carbocycles. The molecule has 178 valence electrons. The van der Waals surface area contributed by atoms with Crippen molar-refractivity contribution in [2.75, 3.05) is 33.5 Å². The van der Waals surface area contributed by atoms with Gasteiger partial charge in [0.05, 0.1) is 13.2 Å². The molecule has 32 heavy (non-hydrogen) atoms. The standard InChI is InChI=1S/C21H27F3N4O3.HI/c1-3-25-20(28-14-17-6-9-19(26-13-17)30-11-10-29-2)27-12-16-4-7-18(8-5-16)31-15-21(22,23)24;/h4-9,13H,3,10-12,14-15H2,1-2H3,(H2,25,27,28);1H. The Morgan fingerprint density at radius 3 is 2.31 bits per heavy atom. The fourth-order valence-electron chi connectivity index (χ4n) is 2.39. The number of aliphatic imine (C=N–C) groups is 1. The first-order valence-electron chi connectivity index (χ1n) is 9.77. The Bertz CT molecular complexity index is 803. The minimum Gasteiger partial charge on any atom is -0.484 e. The third-order valence-corrected chi connectivity index (χ3v) is 3.88. The largest absolute Gasteiger partial charge is 0.484 e. The van der Waals surface area contributed by atoms with E-state index >= 15 is 0 Å². The number of pyridine rings is 1. The highest BCUT2D eigenvalue weighted by atomic mass is 127. The molecule has 0 amide bonds. The first-order chi connectivity index (χ1) is 14.9. The molecule has 7 nitrogen and oxygen atoms in total. The van der Waals surface area contributed by atoms with Gasteiger partial charge in [-0.15, -0.1) is 24.0 Å². The molecule has 0 spiro atoms. The van der Waals surface area contributed by atoms with Crippen LogP contribution in [-0.2, 0) is 17.8 Å². The van der Waals surface area contributed by atoms with E-state index in [-0.39, 0.29) is 29.7 Å². The van der Waals surface area contributed by atoms with Gasteiger partial charge in [-0.1, -0.05) is 18.2 Å². The van der Waals surface area contributed by atoms with E-state index in [1.165, 1.54) is 12.1 Å². The Hall–Kier alpha value is -2.28. The molecular formula is C21H28F3IN4O3. The van der Waals surface area contributed by atoms with Crippen molar-refractivity contribution in [3.8, 4) is 11.6 Å². The number of hydrogen-bond donors (Lipinski definition) is 2. The number of nitrogens with one attached hydrogen (secondary N) is 2. The van der Waals surface area contributed by atoms with E-state index in [1.54, 1.807) is 31.5 Å². The third kappa shape index (κ3) is 11.4. The molecule has 11 heteroatoms. The van der Waals surface area contributed by atoms with E-state index in [2.05, 4.69) is 20.6 Å². The van der Waals surface area contributed by atoms with Crippen molar-refractivity contribution in [3.63, 3.8) is 0 Å². The average Bonchev–Trinajstić information content (AvgIpc) is 2.75. The van der Waals surface area contributed by atoms with Gasteiger partial charge in [0.1, 0.15) is 12.4 Å². The van der Waals surface area contributed by atoms with E-state index in [4.69, 9.17) is 14.2 Å². The van der Waals surface area contributed by atoms with Crippen molar-refractivity contribution in [2.24, 2.45) is 4.99 Å². The smallest absolute Gasteiger partial charge is 0.422 e. The number of benzene rings is 1. The van der Waals surface area contributed by atoms with Crippen LogP contribution < -0.4 is 20.1 Å². The molecular weight excluding hydrogens is 540 g/mol. The monoisotopic (exact) mass is 568 g/mol. The average molecular weight is 568 g/mol. The summed E-state index contributed by atoms with van der Waals surface area (Å²) >= 11 is 0. The molecule has 2 rings (SSSR count). The van der Waals surface area contributed by atoms with Crippen molar-refractivity contribution in [1.82, 2.24) is 15.6 Å². The second-order valence-electron chi connectivity index (χ2n) is 6.44. The molecule has 0 atom stereocenters. The van der Waals surface area contributed by atoms with E-state index in [9.17, 15) is 13.2 Å². The molecule has 0 aliphatic heterocycles. The first kappa shape index (κ1) is 27.8. The Kier molecular flexibility index (Phi) is 12.8. The molecule has 2 N–H and O–H groups in total. The molecule has 0 aliphatic rings. The van der Waals surface area contributed by atoms with Crippen LogP contribution in [-0.4, -0.2) is 50.6 Å². The van der Waals surface area contributed by atoms with Gasteiger partial charge in [0.15, 0.2) is 12.6 Å². The van der Waals surface area contributed by atoms with Crippen molar-refractivity contribution in [3.05, 3.63) is 53.7 Å². The molecule has 1 heterocycles. The van der Waals surface area contributed by atoms with Gasteiger partial charge in [-0.2, -0.15) is 13.2 Å². The van der Waals surface area contributed by atoms with E-state index in [0.29, 0.717) is 44.7 Å². The summed E-state index contributed by atoms with van der Waals surface area (Å²) in [4.78, 5) is 8.76. The molecule has 0 radical (unpaired) electrons. The summed E-state index contributed by atoms with van der Waals surface area (Å²) in [6.07, 6.45) is -2.65. The van der Waals surface area contributed by atoms with Crippen molar-refractivity contribution in [1.29, 1.82) is 0 Å². The van der Waals surface area contributed by atoms with E-state index < -0.39 is 12.8 Å². The first-order valence-corrected chi connectivity index (χ1v) is 9.77. The molecule has 0 fully saturated rings. The van der Waals surface area contributed by atoms with Crippen LogP contribution in [0.3, 0.4) is 0 Å². The lowest BCUT2D eigenvalue weighted by Crippen LogP contribution is -2.36. The van der Waals surface area contributed by atoms with E-state index in [0.717, 1.165) is 11.1 Å². The highest BCUT2D eigenvalue weighted by Crippen LogP contribution is 2.18. The maximum absolute atomic E-state index is 12.2. The van der Waals surface area contributed by atoms with Crippen LogP contribution in [0.1, 0.15) is 18.1 Å². The topological polar surface area (TPSA) is 77.0 Å². The summed E-state index contributed by atoms with van der Waals surface area (Å²) in [5, 5.41) is 6.34. The number of guanidine groups is 1.